The second kappa shape index (κ2) is 13.4. The average Bonchev–Trinajstić information content (AvgIpc) is 2.90. The normalized spacial score (nSPS) is 18.4. The van der Waals surface area contributed by atoms with Gasteiger partial charge in [0.05, 0.1) is 13.2 Å². The van der Waals surface area contributed by atoms with E-state index in [0.29, 0.717) is 30.1 Å². The molecular weight excluding hydrogens is 454 g/mol. The molecule has 0 saturated carbocycles. The van der Waals surface area contributed by atoms with Gasteiger partial charge in [-0.2, -0.15) is 0 Å². The molecule has 1 aliphatic rings. The molecule has 0 aromatic heterocycles. The molecule has 1 saturated heterocycles. The Hall–Kier alpha value is -2.90. The standard InChI is InChI=1S/C29H41N3O4/c1-5-12-32(13-6-2)29(35)24-15-20(3)14-23(16-24)28(34)31-19-27(33)26-11-10-22(18-30-26)21-8-7-9-25(17-21)36-4/h7-9,14-17,22,26-27,30,33H,5-6,10-13,18-19H2,1-4H3,(H,31,34). The van der Waals surface area contributed by atoms with E-state index in [0.717, 1.165) is 43.5 Å². The van der Waals surface area contributed by atoms with Crippen LogP contribution in [0.2, 0.25) is 0 Å². The van der Waals surface area contributed by atoms with E-state index in [4.69, 9.17) is 4.74 Å². The number of hydrogen-bond acceptors (Lipinski definition) is 5. The van der Waals surface area contributed by atoms with Crippen LogP contribution in [0.4, 0.5) is 0 Å². The summed E-state index contributed by atoms with van der Waals surface area (Å²) in [5.74, 6) is 0.881. The Kier molecular flexibility index (Phi) is 10.3. The third kappa shape index (κ3) is 7.31. The number of methoxy groups -OCH3 is 1. The molecule has 3 rings (SSSR count). The Balaban J connectivity index is 1.55. The number of amides is 2. The molecule has 7 heteroatoms. The van der Waals surface area contributed by atoms with Crippen LogP contribution in [0.1, 0.15) is 77.3 Å². The maximum absolute atomic E-state index is 13.0. The monoisotopic (exact) mass is 495 g/mol. The van der Waals surface area contributed by atoms with E-state index in [1.54, 1.807) is 19.2 Å². The van der Waals surface area contributed by atoms with Crippen molar-refractivity contribution in [3.63, 3.8) is 0 Å². The highest BCUT2D eigenvalue weighted by atomic mass is 16.5. The summed E-state index contributed by atoms with van der Waals surface area (Å²) in [6.07, 6.45) is 2.84. The molecule has 1 aliphatic heterocycles. The quantitative estimate of drug-likeness (QED) is 0.440. The maximum atomic E-state index is 13.0. The lowest BCUT2D eigenvalue weighted by Crippen LogP contribution is -2.49. The van der Waals surface area contributed by atoms with E-state index in [1.807, 2.05) is 30.0 Å². The zero-order valence-electron chi connectivity index (χ0n) is 22.0. The predicted octanol–water partition coefficient (Wildman–Crippen LogP) is 3.89. The Bertz CT molecular complexity index is 1010. The first-order valence-electron chi connectivity index (χ1n) is 13.1. The van der Waals surface area contributed by atoms with Crippen molar-refractivity contribution in [2.45, 2.75) is 64.5 Å². The number of ether oxygens (including phenoxy) is 1. The van der Waals surface area contributed by atoms with Crippen LogP contribution in [0.25, 0.3) is 0 Å². The number of piperidine rings is 1. The van der Waals surface area contributed by atoms with Gasteiger partial charge in [0, 0.05) is 43.3 Å². The molecule has 196 valence electrons. The van der Waals surface area contributed by atoms with E-state index >= 15 is 0 Å². The van der Waals surface area contributed by atoms with Gasteiger partial charge in [-0.1, -0.05) is 26.0 Å². The molecule has 1 heterocycles. The minimum atomic E-state index is -0.698. The van der Waals surface area contributed by atoms with Crippen LogP contribution in [0.15, 0.2) is 42.5 Å². The number of hydrogen-bond donors (Lipinski definition) is 3. The minimum Gasteiger partial charge on any atom is -0.497 e. The van der Waals surface area contributed by atoms with E-state index in [2.05, 4.69) is 36.6 Å². The first-order valence-corrected chi connectivity index (χ1v) is 13.1. The summed E-state index contributed by atoms with van der Waals surface area (Å²) in [4.78, 5) is 27.8. The molecular formula is C29H41N3O4. The molecule has 7 nitrogen and oxygen atoms in total. The summed E-state index contributed by atoms with van der Waals surface area (Å²) in [5, 5.41) is 17.0. The van der Waals surface area contributed by atoms with Crippen molar-refractivity contribution in [3.8, 4) is 5.75 Å². The van der Waals surface area contributed by atoms with Crippen LogP contribution in [0.5, 0.6) is 5.75 Å². The number of carbonyl (C=O) groups excluding carboxylic acids is 2. The average molecular weight is 496 g/mol. The van der Waals surface area contributed by atoms with Gasteiger partial charge >= 0.3 is 0 Å². The Morgan fingerprint density at radius 1 is 1.11 bits per heavy atom. The zero-order valence-corrected chi connectivity index (χ0v) is 22.0. The molecule has 0 bridgehead atoms. The van der Waals surface area contributed by atoms with Gasteiger partial charge in [0.25, 0.3) is 11.8 Å². The number of nitrogens with zero attached hydrogens (tertiary/aromatic N) is 1. The van der Waals surface area contributed by atoms with E-state index < -0.39 is 6.10 Å². The molecule has 3 unspecified atom stereocenters. The van der Waals surface area contributed by atoms with Gasteiger partial charge in [-0.05, 0) is 80.0 Å². The van der Waals surface area contributed by atoms with Crippen LogP contribution in [0.3, 0.4) is 0 Å². The summed E-state index contributed by atoms with van der Waals surface area (Å²) < 4.78 is 5.34. The molecule has 0 spiro atoms. The molecule has 2 amide bonds. The van der Waals surface area contributed by atoms with Gasteiger partial charge in [-0.3, -0.25) is 9.59 Å². The van der Waals surface area contributed by atoms with Crippen LogP contribution in [0, 0.1) is 6.92 Å². The summed E-state index contributed by atoms with van der Waals surface area (Å²) >= 11 is 0. The highest BCUT2D eigenvalue weighted by Crippen LogP contribution is 2.28. The smallest absolute Gasteiger partial charge is 0.253 e. The predicted molar refractivity (Wildman–Crippen MR) is 143 cm³/mol. The highest BCUT2D eigenvalue weighted by Gasteiger charge is 2.27. The molecule has 2 aromatic carbocycles. The second-order valence-electron chi connectivity index (χ2n) is 9.72. The summed E-state index contributed by atoms with van der Waals surface area (Å²) in [7, 11) is 1.67. The molecule has 0 radical (unpaired) electrons. The van der Waals surface area contributed by atoms with Crippen molar-refractivity contribution in [3.05, 3.63) is 64.7 Å². The Morgan fingerprint density at radius 3 is 2.47 bits per heavy atom. The largest absolute Gasteiger partial charge is 0.497 e. The summed E-state index contributed by atoms with van der Waals surface area (Å²) in [6.45, 7) is 8.29. The first-order chi connectivity index (χ1) is 17.4. The van der Waals surface area contributed by atoms with Crippen molar-refractivity contribution < 1.29 is 19.4 Å². The number of rotatable bonds is 11. The topological polar surface area (TPSA) is 90.9 Å². The van der Waals surface area contributed by atoms with E-state index in [-0.39, 0.29) is 24.4 Å². The fourth-order valence-corrected chi connectivity index (χ4v) is 4.90. The van der Waals surface area contributed by atoms with Crippen molar-refractivity contribution in [1.82, 2.24) is 15.5 Å². The number of benzene rings is 2. The van der Waals surface area contributed by atoms with Gasteiger partial charge < -0.3 is 25.4 Å². The molecule has 36 heavy (non-hydrogen) atoms. The zero-order chi connectivity index (χ0) is 26.1. The number of nitrogens with one attached hydrogen (secondary N) is 2. The molecule has 3 atom stereocenters. The minimum absolute atomic E-state index is 0.0477. The highest BCUT2D eigenvalue weighted by molar-refractivity contribution is 6.00. The first kappa shape index (κ1) is 27.7. The van der Waals surface area contributed by atoms with Crippen molar-refractivity contribution in [2.75, 3.05) is 33.3 Å². The molecule has 2 aromatic rings. The van der Waals surface area contributed by atoms with Crippen LogP contribution in [-0.2, 0) is 0 Å². The third-order valence-corrected chi connectivity index (χ3v) is 6.81. The van der Waals surface area contributed by atoms with Crippen molar-refractivity contribution in [2.24, 2.45) is 0 Å². The summed E-state index contributed by atoms with van der Waals surface area (Å²) in [6, 6.07) is 13.3. The van der Waals surface area contributed by atoms with Gasteiger partial charge in [0.2, 0.25) is 0 Å². The number of aliphatic hydroxyl groups excluding tert-OH is 1. The fourth-order valence-electron chi connectivity index (χ4n) is 4.90. The Morgan fingerprint density at radius 2 is 1.83 bits per heavy atom. The number of aliphatic hydroxyl groups is 1. The van der Waals surface area contributed by atoms with Gasteiger partial charge in [-0.25, -0.2) is 0 Å². The SMILES string of the molecule is CCCN(CCC)C(=O)c1cc(C)cc(C(=O)NCC(O)C2CCC(c3cccc(OC)c3)CN2)c1. The fraction of sp³-hybridized carbons (Fsp3) is 0.517. The second-order valence-corrected chi connectivity index (χ2v) is 9.72. The Labute approximate surface area is 215 Å². The number of aryl methyl sites for hydroxylation is 1. The third-order valence-electron chi connectivity index (χ3n) is 6.81. The van der Waals surface area contributed by atoms with Gasteiger partial charge in [0.15, 0.2) is 0 Å². The van der Waals surface area contributed by atoms with Crippen molar-refractivity contribution in [1.29, 1.82) is 0 Å². The van der Waals surface area contributed by atoms with Gasteiger partial charge in [-0.15, -0.1) is 0 Å². The van der Waals surface area contributed by atoms with E-state index in [9.17, 15) is 14.7 Å². The van der Waals surface area contributed by atoms with Crippen LogP contribution < -0.4 is 15.4 Å². The molecule has 0 aliphatic carbocycles. The van der Waals surface area contributed by atoms with Gasteiger partial charge in [0.1, 0.15) is 5.75 Å². The molecule has 3 N–H and O–H groups in total. The number of carbonyl (C=O) groups is 2. The van der Waals surface area contributed by atoms with Crippen LogP contribution >= 0.6 is 0 Å². The maximum Gasteiger partial charge on any atom is 0.253 e. The molecule has 1 fully saturated rings. The lowest BCUT2D eigenvalue weighted by molar-refractivity contribution is 0.0755. The lowest BCUT2D eigenvalue weighted by atomic mass is 9.87. The summed E-state index contributed by atoms with van der Waals surface area (Å²) in [5.41, 5.74) is 3.05. The van der Waals surface area contributed by atoms with E-state index in [1.165, 1.54) is 5.56 Å². The van der Waals surface area contributed by atoms with Crippen molar-refractivity contribution >= 4 is 11.8 Å². The van der Waals surface area contributed by atoms with Crippen LogP contribution in [-0.4, -0.2) is 67.3 Å². The lowest BCUT2D eigenvalue weighted by Gasteiger charge is -2.33.